The predicted molar refractivity (Wildman–Crippen MR) is 70.4 cm³/mol. The number of rotatable bonds is 2. The average molecular weight is 366 g/mol. The van der Waals surface area contributed by atoms with Gasteiger partial charge >= 0.3 is 0 Å². The third-order valence-corrected chi connectivity index (χ3v) is 3.94. The van der Waals surface area contributed by atoms with E-state index in [2.05, 4.69) is 48.9 Å². The van der Waals surface area contributed by atoms with Crippen molar-refractivity contribution < 1.29 is 4.79 Å². The number of hydrogen-bond donors (Lipinski definition) is 0. The van der Waals surface area contributed by atoms with Crippen molar-refractivity contribution >= 4 is 37.8 Å². The molecule has 2 rings (SSSR count). The van der Waals surface area contributed by atoms with Gasteiger partial charge in [0.25, 0.3) is 0 Å². The Labute approximate surface area is 117 Å². The maximum Gasteiger partial charge on any atom is 0.244 e. The number of carbonyl (C=O) groups is 1. The van der Waals surface area contributed by atoms with E-state index in [0.717, 1.165) is 31.8 Å². The number of hydrogen-bond acceptors (Lipinski definition) is 3. The van der Waals surface area contributed by atoms with Crippen molar-refractivity contribution in [3.05, 3.63) is 9.47 Å². The summed E-state index contributed by atoms with van der Waals surface area (Å²) < 4.78 is 2.62. The summed E-state index contributed by atoms with van der Waals surface area (Å²) in [5, 5.41) is 4.09. The first-order valence-electron chi connectivity index (χ1n) is 5.60. The maximum absolute atomic E-state index is 12.0. The van der Waals surface area contributed by atoms with Crippen molar-refractivity contribution in [1.29, 1.82) is 0 Å². The van der Waals surface area contributed by atoms with Gasteiger partial charge in [0.15, 0.2) is 4.73 Å². The zero-order valence-corrected chi connectivity index (χ0v) is 12.7. The monoisotopic (exact) mass is 364 g/mol. The highest BCUT2D eigenvalue weighted by Gasteiger charge is 2.21. The Hall–Kier alpha value is -0.430. The van der Waals surface area contributed by atoms with E-state index in [1.54, 1.807) is 4.68 Å². The maximum atomic E-state index is 12.0. The summed E-state index contributed by atoms with van der Waals surface area (Å²) in [4.78, 5) is 18.0. The number of halogens is 2. The van der Waals surface area contributed by atoms with E-state index >= 15 is 0 Å². The van der Waals surface area contributed by atoms with Gasteiger partial charge in [-0.2, -0.15) is 4.98 Å². The highest BCUT2D eigenvalue weighted by Crippen LogP contribution is 2.17. The van der Waals surface area contributed by atoms with Crippen LogP contribution in [0.2, 0.25) is 0 Å². The van der Waals surface area contributed by atoms with Gasteiger partial charge in [-0.15, -0.1) is 5.10 Å². The van der Waals surface area contributed by atoms with Gasteiger partial charge in [-0.25, -0.2) is 4.68 Å². The summed E-state index contributed by atoms with van der Waals surface area (Å²) in [7, 11) is 0. The molecular formula is C10H14Br2N4O. The number of amides is 1. The van der Waals surface area contributed by atoms with Crippen molar-refractivity contribution in [2.24, 2.45) is 5.92 Å². The van der Waals surface area contributed by atoms with Gasteiger partial charge in [-0.1, -0.05) is 6.92 Å². The number of nitrogens with zero attached hydrogens (tertiary/aromatic N) is 4. The van der Waals surface area contributed by atoms with Crippen LogP contribution in [0, 0.1) is 5.92 Å². The van der Waals surface area contributed by atoms with Crippen LogP contribution in [0.5, 0.6) is 0 Å². The van der Waals surface area contributed by atoms with Gasteiger partial charge < -0.3 is 4.90 Å². The summed E-state index contributed by atoms with van der Waals surface area (Å²) >= 11 is 6.45. The molecule has 1 amide bonds. The van der Waals surface area contributed by atoms with Crippen molar-refractivity contribution in [2.75, 3.05) is 13.1 Å². The Kier molecular flexibility index (Phi) is 4.19. The molecule has 0 aromatic carbocycles. The lowest BCUT2D eigenvalue weighted by molar-refractivity contribution is -0.133. The van der Waals surface area contributed by atoms with Gasteiger partial charge in [-0.05, 0) is 50.6 Å². The molecule has 1 aliphatic heterocycles. The van der Waals surface area contributed by atoms with E-state index in [1.807, 2.05) is 4.90 Å². The molecular weight excluding hydrogens is 352 g/mol. The molecule has 1 saturated heterocycles. The van der Waals surface area contributed by atoms with E-state index in [0.29, 0.717) is 9.47 Å². The summed E-state index contributed by atoms with van der Waals surface area (Å²) in [6.07, 6.45) is 2.18. The SMILES string of the molecule is CC1CCN(C(=O)Cn2nc(Br)nc2Br)CC1. The molecule has 0 spiro atoms. The topological polar surface area (TPSA) is 51.0 Å². The van der Waals surface area contributed by atoms with Gasteiger partial charge in [0.1, 0.15) is 6.54 Å². The lowest BCUT2D eigenvalue weighted by Crippen LogP contribution is -2.39. The number of carbonyl (C=O) groups excluding carboxylic acids is 1. The molecule has 0 N–H and O–H groups in total. The summed E-state index contributed by atoms with van der Waals surface area (Å²) in [6, 6.07) is 0. The van der Waals surface area contributed by atoms with E-state index < -0.39 is 0 Å². The summed E-state index contributed by atoms with van der Waals surface area (Å²) in [5.41, 5.74) is 0. The molecule has 0 atom stereocenters. The minimum absolute atomic E-state index is 0.106. The van der Waals surface area contributed by atoms with Gasteiger partial charge in [0, 0.05) is 13.1 Å². The van der Waals surface area contributed by atoms with Crippen LogP contribution >= 0.6 is 31.9 Å². The smallest absolute Gasteiger partial charge is 0.244 e. The molecule has 5 nitrogen and oxygen atoms in total. The highest BCUT2D eigenvalue weighted by molar-refractivity contribution is 9.11. The molecule has 0 bridgehead atoms. The number of likely N-dealkylation sites (tertiary alicyclic amines) is 1. The van der Waals surface area contributed by atoms with Gasteiger partial charge in [0.05, 0.1) is 0 Å². The van der Waals surface area contributed by atoms with Gasteiger partial charge in [-0.3, -0.25) is 4.79 Å². The standard InChI is InChI=1S/C10H14Br2N4O/c1-7-2-4-15(5-3-7)8(17)6-16-10(12)13-9(11)14-16/h7H,2-6H2,1H3. The van der Waals surface area contributed by atoms with E-state index in [9.17, 15) is 4.79 Å². The normalized spacial score (nSPS) is 17.5. The van der Waals surface area contributed by atoms with Crippen LogP contribution in [0.25, 0.3) is 0 Å². The second-order valence-electron chi connectivity index (χ2n) is 4.37. The second kappa shape index (κ2) is 5.48. The first kappa shape index (κ1) is 13.0. The Morgan fingerprint density at radius 2 is 2.06 bits per heavy atom. The predicted octanol–water partition coefficient (Wildman–Crippen LogP) is 2.06. The third kappa shape index (κ3) is 3.28. The Morgan fingerprint density at radius 3 is 2.59 bits per heavy atom. The quantitative estimate of drug-likeness (QED) is 0.806. The molecule has 7 heteroatoms. The molecule has 17 heavy (non-hydrogen) atoms. The van der Waals surface area contributed by atoms with Crippen molar-refractivity contribution in [3.8, 4) is 0 Å². The van der Waals surface area contributed by atoms with E-state index in [1.165, 1.54) is 0 Å². The second-order valence-corrected chi connectivity index (χ2v) is 5.79. The highest BCUT2D eigenvalue weighted by atomic mass is 79.9. The van der Waals surface area contributed by atoms with Crippen molar-refractivity contribution in [3.63, 3.8) is 0 Å². The fourth-order valence-corrected chi connectivity index (χ4v) is 2.85. The molecule has 1 aromatic rings. The van der Waals surface area contributed by atoms with Crippen molar-refractivity contribution in [1.82, 2.24) is 19.7 Å². The van der Waals surface area contributed by atoms with E-state index in [4.69, 9.17) is 0 Å². The van der Waals surface area contributed by atoms with Crippen LogP contribution in [0.4, 0.5) is 0 Å². The summed E-state index contributed by atoms with van der Waals surface area (Å²) in [5.74, 6) is 0.835. The molecule has 0 aliphatic carbocycles. The van der Waals surface area contributed by atoms with Crippen molar-refractivity contribution in [2.45, 2.75) is 26.3 Å². The largest absolute Gasteiger partial charge is 0.341 e. The minimum atomic E-state index is 0.106. The van der Waals surface area contributed by atoms with Crippen LogP contribution in [0.3, 0.4) is 0 Å². The lowest BCUT2D eigenvalue weighted by atomic mass is 9.99. The van der Waals surface area contributed by atoms with E-state index in [-0.39, 0.29) is 12.5 Å². The zero-order chi connectivity index (χ0) is 12.4. The Morgan fingerprint density at radius 1 is 1.41 bits per heavy atom. The number of aromatic nitrogens is 3. The molecule has 0 unspecified atom stereocenters. The fraction of sp³-hybridized carbons (Fsp3) is 0.700. The first-order valence-corrected chi connectivity index (χ1v) is 7.18. The summed E-state index contributed by atoms with van der Waals surface area (Å²) in [6.45, 7) is 4.18. The molecule has 1 aliphatic rings. The lowest BCUT2D eigenvalue weighted by Gasteiger charge is -2.30. The molecule has 1 fully saturated rings. The molecule has 2 heterocycles. The van der Waals surface area contributed by atoms with Crippen LogP contribution < -0.4 is 0 Å². The molecule has 0 saturated carbocycles. The minimum Gasteiger partial charge on any atom is -0.341 e. The Bertz CT molecular complexity index is 412. The van der Waals surface area contributed by atoms with Crippen LogP contribution in [-0.2, 0) is 11.3 Å². The molecule has 1 aromatic heterocycles. The molecule has 94 valence electrons. The fourth-order valence-electron chi connectivity index (χ4n) is 1.88. The average Bonchev–Trinajstić information content (AvgIpc) is 2.58. The van der Waals surface area contributed by atoms with Crippen LogP contribution in [-0.4, -0.2) is 38.7 Å². The first-order chi connectivity index (χ1) is 8.06. The number of piperidine rings is 1. The third-order valence-electron chi connectivity index (χ3n) is 3.02. The zero-order valence-electron chi connectivity index (χ0n) is 9.57. The molecule has 0 radical (unpaired) electrons. The van der Waals surface area contributed by atoms with Crippen LogP contribution in [0.15, 0.2) is 9.47 Å². The Balaban J connectivity index is 1.95. The van der Waals surface area contributed by atoms with Crippen LogP contribution in [0.1, 0.15) is 19.8 Å². The van der Waals surface area contributed by atoms with Gasteiger partial charge in [0.2, 0.25) is 10.6 Å².